The Kier molecular flexibility index (Phi) is 6.26. The molecule has 2 aromatic carbocycles. The predicted octanol–water partition coefficient (Wildman–Crippen LogP) is 3.06. The van der Waals surface area contributed by atoms with E-state index < -0.39 is 26.7 Å². The minimum absolute atomic E-state index is 0.0366. The molecule has 0 unspecified atom stereocenters. The molecule has 4 rings (SSSR count). The number of carbonyl (C=O) groups excluding carboxylic acids is 2. The van der Waals surface area contributed by atoms with Gasteiger partial charge in [0.1, 0.15) is 0 Å². The van der Waals surface area contributed by atoms with E-state index in [1.807, 2.05) is 0 Å². The second-order valence-corrected chi connectivity index (χ2v) is 9.95. The highest BCUT2D eigenvalue weighted by Crippen LogP contribution is 2.32. The summed E-state index contributed by atoms with van der Waals surface area (Å²) in [6.07, 6.45) is -4.61. The Bertz CT molecular complexity index is 1220. The minimum Gasteiger partial charge on any atom is -0.340 e. The fraction of sp³-hybridized carbons (Fsp3) is 0.304. The summed E-state index contributed by atoms with van der Waals surface area (Å²) in [5, 5.41) is 0. The number of piperazine rings is 1. The number of hydrogen-bond donors (Lipinski definition) is 0. The first-order valence-electron chi connectivity index (χ1n) is 10.6. The normalized spacial score (nSPS) is 17.3. The van der Waals surface area contributed by atoms with Crippen LogP contribution in [-0.4, -0.2) is 67.1 Å². The number of amides is 2. The van der Waals surface area contributed by atoms with Crippen LogP contribution in [0.3, 0.4) is 0 Å². The smallest absolute Gasteiger partial charge is 0.340 e. The fourth-order valence-corrected chi connectivity index (χ4v) is 5.57. The van der Waals surface area contributed by atoms with Crippen LogP contribution >= 0.6 is 0 Å². The predicted molar refractivity (Wildman–Crippen MR) is 118 cm³/mol. The van der Waals surface area contributed by atoms with Crippen LogP contribution in [0.4, 0.5) is 13.2 Å². The number of hydrogen-bond acceptors (Lipinski definition) is 4. The third kappa shape index (κ3) is 4.45. The average molecular weight is 494 g/mol. The van der Waals surface area contributed by atoms with Crippen molar-refractivity contribution < 1.29 is 31.2 Å². The van der Waals surface area contributed by atoms with Crippen LogP contribution in [0.2, 0.25) is 0 Å². The summed E-state index contributed by atoms with van der Waals surface area (Å²) in [5.74, 6) is -0.460. The molecule has 0 aromatic heterocycles. The molecule has 180 valence electrons. The second-order valence-electron chi connectivity index (χ2n) is 8.01. The highest BCUT2D eigenvalue weighted by Gasteiger charge is 2.35. The van der Waals surface area contributed by atoms with Gasteiger partial charge in [-0.15, -0.1) is 0 Å². The van der Waals surface area contributed by atoms with E-state index in [1.165, 1.54) is 9.80 Å². The van der Waals surface area contributed by atoms with Crippen LogP contribution < -0.4 is 0 Å². The second kappa shape index (κ2) is 8.88. The largest absolute Gasteiger partial charge is 0.416 e. The van der Waals surface area contributed by atoms with Crippen molar-refractivity contribution in [2.45, 2.75) is 17.5 Å². The first-order valence-corrected chi connectivity index (χ1v) is 12.0. The number of carbonyl (C=O) groups is 2. The molecule has 2 aromatic rings. The number of sulfonamides is 1. The fourth-order valence-electron chi connectivity index (χ4n) is 4.10. The Hall–Kier alpha value is -3.18. The van der Waals surface area contributed by atoms with Gasteiger partial charge in [0.25, 0.3) is 5.91 Å². The van der Waals surface area contributed by atoms with Crippen LogP contribution in [0.1, 0.15) is 27.9 Å². The van der Waals surface area contributed by atoms with Gasteiger partial charge in [0.15, 0.2) is 0 Å². The van der Waals surface area contributed by atoms with E-state index in [0.29, 0.717) is 17.3 Å². The zero-order chi connectivity index (χ0) is 24.7. The topological polar surface area (TPSA) is 78.0 Å². The van der Waals surface area contributed by atoms with Gasteiger partial charge in [0, 0.05) is 56.0 Å². The molecule has 0 spiro atoms. The number of fused-ring (bicyclic) bond motifs is 1. The maximum atomic E-state index is 13.0. The van der Waals surface area contributed by atoms with Crippen LogP contribution in [0.25, 0.3) is 5.70 Å². The summed E-state index contributed by atoms with van der Waals surface area (Å²) in [6, 6.07) is 10.7. The standard InChI is InChI=1S/C23H22F3N3O4S/c1-16-19-7-2-3-8-20(19)22(31)29(16)10-9-21(30)27-11-13-28(14-12-27)34(32,33)18-6-4-5-17(15-18)23(24,25)26/h2-8,15H,1,9-14H2. The molecular weight excluding hydrogens is 471 g/mol. The van der Waals surface area contributed by atoms with Gasteiger partial charge in [0.05, 0.1) is 10.5 Å². The highest BCUT2D eigenvalue weighted by atomic mass is 32.2. The zero-order valence-electron chi connectivity index (χ0n) is 18.1. The van der Waals surface area contributed by atoms with Crippen molar-refractivity contribution in [3.8, 4) is 0 Å². The number of alkyl halides is 3. The summed E-state index contributed by atoms with van der Waals surface area (Å²) >= 11 is 0. The van der Waals surface area contributed by atoms with Gasteiger partial charge >= 0.3 is 6.18 Å². The monoisotopic (exact) mass is 493 g/mol. The van der Waals surface area contributed by atoms with E-state index in [9.17, 15) is 31.2 Å². The van der Waals surface area contributed by atoms with E-state index in [-0.39, 0.29) is 51.0 Å². The highest BCUT2D eigenvalue weighted by molar-refractivity contribution is 7.89. The summed E-state index contributed by atoms with van der Waals surface area (Å²) in [5.41, 5.74) is 0.759. The molecule has 7 nitrogen and oxygen atoms in total. The first kappa shape index (κ1) is 24.0. The van der Waals surface area contributed by atoms with Gasteiger partial charge < -0.3 is 9.80 Å². The van der Waals surface area contributed by atoms with E-state index in [0.717, 1.165) is 28.1 Å². The Morgan fingerprint density at radius 1 is 0.971 bits per heavy atom. The number of halogens is 3. The molecule has 1 fully saturated rings. The van der Waals surface area contributed by atoms with Crippen molar-refractivity contribution in [3.05, 3.63) is 71.8 Å². The van der Waals surface area contributed by atoms with Gasteiger partial charge in [-0.05, 0) is 24.3 Å². The van der Waals surface area contributed by atoms with Gasteiger partial charge in [-0.3, -0.25) is 9.59 Å². The lowest BCUT2D eigenvalue weighted by Crippen LogP contribution is -2.50. The van der Waals surface area contributed by atoms with E-state index in [2.05, 4.69) is 6.58 Å². The summed E-state index contributed by atoms with van der Waals surface area (Å²) in [6.45, 7) is 4.22. The number of nitrogens with zero attached hydrogens (tertiary/aromatic N) is 3. The molecule has 0 saturated carbocycles. The third-order valence-electron chi connectivity index (χ3n) is 5.98. The summed E-state index contributed by atoms with van der Waals surface area (Å²) < 4.78 is 65.6. The van der Waals surface area contributed by atoms with E-state index in [4.69, 9.17) is 0 Å². The lowest BCUT2D eigenvalue weighted by atomic mass is 10.1. The summed E-state index contributed by atoms with van der Waals surface area (Å²) in [4.78, 5) is 27.8. The van der Waals surface area contributed by atoms with Gasteiger partial charge in [-0.2, -0.15) is 17.5 Å². The van der Waals surface area contributed by atoms with Gasteiger partial charge in [0.2, 0.25) is 15.9 Å². The molecule has 2 amide bonds. The number of benzene rings is 2. The van der Waals surface area contributed by atoms with E-state index >= 15 is 0 Å². The van der Waals surface area contributed by atoms with Crippen molar-refractivity contribution in [1.82, 2.24) is 14.1 Å². The lowest BCUT2D eigenvalue weighted by molar-refractivity contribution is -0.137. The molecule has 0 radical (unpaired) electrons. The Labute approximate surface area is 195 Å². The molecule has 1 saturated heterocycles. The quantitative estimate of drug-likeness (QED) is 0.642. The molecule has 0 atom stereocenters. The van der Waals surface area contributed by atoms with Crippen molar-refractivity contribution in [2.75, 3.05) is 32.7 Å². The molecule has 2 heterocycles. The molecule has 0 aliphatic carbocycles. The molecule has 0 bridgehead atoms. The maximum absolute atomic E-state index is 13.0. The molecule has 0 N–H and O–H groups in total. The van der Waals surface area contributed by atoms with Crippen molar-refractivity contribution in [3.63, 3.8) is 0 Å². The first-order chi connectivity index (χ1) is 16.0. The third-order valence-corrected chi connectivity index (χ3v) is 7.87. The molecule has 34 heavy (non-hydrogen) atoms. The Morgan fingerprint density at radius 3 is 2.24 bits per heavy atom. The average Bonchev–Trinajstić information content (AvgIpc) is 3.07. The van der Waals surface area contributed by atoms with Crippen LogP contribution in [-0.2, 0) is 21.0 Å². The maximum Gasteiger partial charge on any atom is 0.416 e. The number of rotatable bonds is 5. The molecular formula is C23H22F3N3O4S. The van der Waals surface area contributed by atoms with Crippen molar-refractivity contribution >= 4 is 27.5 Å². The van der Waals surface area contributed by atoms with Crippen LogP contribution in [0.15, 0.2) is 60.0 Å². The van der Waals surface area contributed by atoms with E-state index in [1.54, 1.807) is 24.3 Å². The Morgan fingerprint density at radius 2 is 1.62 bits per heavy atom. The van der Waals surface area contributed by atoms with Crippen LogP contribution in [0.5, 0.6) is 0 Å². The molecule has 2 aliphatic heterocycles. The van der Waals surface area contributed by atoms with Gasteiger partial charge in [-0.25, -0.2) is 8.42 Å². The SMILES string of the molecule is C=C1c2ccccc2C(=O)N1CCC(=O)N1CCN(S(=O)(=O)c2cccc(C(F)(F)F)c2)CC1. The van der Waals surface area contributed by atoms with Gasteiger partial charge in [-0.1, -0.05) is 30.8 Å². The van der Waals surface area contributed by atoms with Crippen molar-refractivity contribution in [1.29, 1.82) is 0 Å². The summed E-state index contributed by atoms with van der Waals surface area (Å²) in [7, 11) is -4.13. The van der Waals surface area contributed by atoms with Crippen molar-refractivity contribution in [2.24, 2.45) is 0 Å². The molecule has 2 aliphatic rings. The zero-order valence-corrected chi connectivity index (χ0v) is 18.9. The molecule has 11 heteroatoms. The lowest BCUT2D eigenvalue weighted by Gasteiger charge is -2.34. The van der Waals surface area contributed by atoms with Crippen LogP contribution in [0, 0.1) is 0 Å². The Balaban J connectivity index is 1.35. The minimum atomic E-state index is -4.65.